The van der Waals surface area contributed by atoms with E-state index in [1.807, 2.05) is 0 Å². The molecule has 1 aromatic carbocycles. The molecule has 0 bridgehead atoms. The molecule has 1 heterocycles. The summed E-state index contributed by atoms with van der Waals surface area (Å²) in [5.41, 5.74) is 7.51. The van der Waals surface area contributed by atoms with Crippen molar-refractivity contribution in [1.82, 2.24) is 4.98 Å². The summed E-state index contributed by atoms with van der Waals surface area (Å²) in [7, 11) is 0. The number of ether oxygens (including phenoxy) is 1. The number of nitrogens with one attached hydrogen (secondary N) is 2. The first-order valence-corrected chi connectivity index (χ1v) is 8.23. The number of esters is 1. The number of primary amides is 1. The highest BCUT2D eigenvalue weighted by Crippen LogP contribution is 2.21. The summed E-state index contributed by atoms with van der Waals surface area (Å²) in [6.07, 6.45) is -1.04. The van der Waals surface area contributed by atoms with E-state index in [0.29, 0.717) is 22.5 Å². The summed E-state index contributed by atoms with van der Waals surface area (Å²) >= 11 is 0. The molecule has 0 saturated carbocycles. The van der Waals surface area contributed by atoms with Gasteiger partial charge in [-0.25, -0.2) is 9.59 Å². The number of aromatic amines is 1. The fourth-order valence-corrected chi connectivity index (χ4v) is 2.84. The SMILES string of the molecule is CC(=O)c1c(C)[nH]c(C(=O)C(C)OC(=O)c2ccc(NC(N)=O)cc2)c1C. The lowest BCUT2D eigenvalue weighted by Gasteiger charge is -2.12. The lowest BCUT2D eigenvalue weighted by molar-refractivity contribution is 0.0317. The van der Waals surface area contributed by atoms with Crippen LogP contribution in [-0.4, -0.2) is 34.7 Å². The van der Waals surface area contributed by atoms with E-state index in [4.69, 9.17) is 10.5 Å². The van der Waals surface area contributed by atoms with E-state index in [9.17, 15) is 19.2 Å². The van der Waals surface area contributed by atoms with Gasteiger partial charge in [-0.2, -0.15) is 0 Å². The molecule has 2 amide bonds. The maximum atomic E-state index is 12.6. The highest BCUT2D eigenvalue weighted by Gasteiger charge is 2.26. The van der Waals surface area contributed by atoms with E-state index in [1.54, 1.807) is 13.8 Å². The molecule has 1 aromatic heterocycles. The molecular weight excluding hydrogens is 350 g/mol. The van der Waals surface area contributed by atoms with Gasteiger partial charge in [0, 0.05) is 16.9 Å². The minimum absolute atomic E-state index is 0.144. The molecule has 0 radical (unpaired) electrons. The first-order chi connectivity index (χ1) is 12.6. The van der Waals surface area contributed by atoms with Crippen LogP contribution in [0.3, 0.4) is 0 Å². The molecule has 0 spiro atoms. The van der Waals surface area contributed by atoms with Gasteiger partial charge in [-0.3, -0.25) is 9.59 Å². The Morgan fingerprint density at radius 3 is 2.19 bits per heavy atom. The summed E-state index contributed by atoms with van der Waals surface area (Å²) < 4.78 is 5.23. The van der Waals surface area contributed by atoms with Gasteiger partial charge >= 0.3 is 12.0 Å². The topological polar surface area (TPSA) is 131 Å². The average Bonchev–Trinajstić information content (AvgIpc) is 2.88. The smallest absolute Gasteiger partial charge is 0.338 e. The van der Waals surface area contributed by atoms with Crippen molar-refractivity contribution in [3.05, 3.63) is 52.3 Å². The molecule has 0 aliphatic heterocycles. The molecule has 142 valence electrons. The van der Waals surface area contributed by atoms with Crippen LogP contribution in [-0.2, 0) is 4.74 Å². The number of aryl methyl sites for hydroxylation is 1. The standard InChI is InChI=1S/C19H21N3O5/c1-9-15(11(3)23)10(2)21-16(9)17(24)12(4)27-18(25)13-5-7-14(8-6-13)22-19(20)26/h5-8,12,21H,1-4H3,(H3,20,22,26). The molecule has 8 heteroatoms. The zero-order valence-electron chi connectivity index (χ0n) is 15.5. The summed E-state index contributed by atoms with van der Waals surface area (Å²) in [6, 6.07) is 5.16. The third kappa shape index (κ3) is 4.41. The van der Waals surface area contributed by atoms with Crippen molar-refractivity contribution in [1.29, 1.82) is 0 Å². The van der Waals surface area contributed by atoms with Crippen LogP contribution in [0, 0.1) is 13.8 Å². The fourth-order valence-electron chi connectivity index (χ4n) is 2.84. The lowest BCUT2D eigenvalue weighted by atomic mass is 10.0. The summed E-state index contributed by atoms with van der Waals surface area (Å²) in [4.78, 5) is 50.2. The van der Waals surface area contributed by atoms with Crippen molar-refractivity contribution in [3.8, 4) is 0 Å². The van der Waals surface area contributed by atoms with E-state index in [1.165, 1.54) is 38.1 Å². The Morgan fingerprint density at radius 2 is 1.70 bits per heavy atom. The number of hydrogen-bond donors (Lipinski definition) is 3. The van der Waals surface area contributed by atoms with Crippen molar-refractivity contribution in [2.24, 2.45) is 5.73 Å². The van der Waals surface area contributed by atoms with Crippen LogP contribution < -0.4 is 11.1 Å². The first kappa shape index (κ1) is 19.9. The van der Waals surface area contributed by atoms with Gasteiger partial charge in [-0.05, 0) is 57.5 Å². The molecule has 8 nitrogen and oxygen atoms in total. The summed E-state index contributed by atoms with van der Waals surface area (Å²) in [6.45, 7) is 6.27. The number of hydrogen-bond acceptors (Lipinski definition) is 5. The van der Waals surface area contributed by atoms with Crippen LogP contribution in [0.1, 0.15) is 56.3 Å². The van der Waals surface area contributed by atoms with Gasteiger partial charge in [0.15, 0.2) is 11.9 Å². The third-order valence-electron chi connectivity index (χ3n) is 4.08. The Morgan fingerprint density at radius 1 is 1.11 bits per heavy atom. The second-order valence-corrected chi connectivity index (χ2v) is 6.16. The number of Topliss-reactive ketones (excluding diaryl/α,β-unsaturated/α-hetero) is 2. The molecular formula is C19H21N3O5. The van der Waals surface area contributed by atoms with Gasteiger partial charge in [0.1, 0.15) is 0 Å². The van der Waals surface area contributed by atoms with Crippen LogP contribution in [0.25, 0.3) is 0 Å². The van der Waals surface area contributed by atoms with E-state index in [-0.39, 0.29) is 17.0 Å². The normalized spacial score (nSPS) is 11.6. The van der Waals surface area contributed by atoms with Crippen molar-refractivity contribution in [3.63, 3.8) is 0 Å². The molecule has 4 N–H and O–H groups in total. The van der Waals surface area contributed by atoms with Gasteiger partial charge in [-0.1, -0.05) is 0 Å². The van der Waals surface area contributed by atoms with Gasteiger partial charge in [0.2, 0.25) is 5.78 Å². The van der Waals surface area contributed by atoms with E-state index in [2.05, 4.69) is 10.3 Å². The van der Waals surface area contributed by atoms with Crippen LogP contribution >= 0.6 is 0 Å². The second kappa shape index (κ2) is 7.86. The Hall–Kier alpha value is -3.42. The predicted molar refractivity (Wildman–Crippen MR) is 99.1 cm³/mol. The molecule has 2 rings (SSSR count). The number of H-pyrrole nitrogens is 1. The van der Waals surface area contributed by atoms with Crippen LogP contribution in [0.4, 0.5) is 10.5 Å². The minimum atomic E-state index is -1.04. The Kier molecular flexibility index (Phi) is 5.79. The number of anilines is 1. The van der Waals surface area contributed by atoms with Gasteiger partial charge in [-0.15, -0.1) is 0 Å². The van der Waals surface area contributed by atoms with E-state index in [0.717, 1.165) is 0 Å². The summed E-state index contributed by atoms with van der Waals surface area (Å²) in [5, 5.41) is 2.38. The first-order valence-electron chi connectivity index (χ1n) is 8.23. The molecule has 0 saturated heterocycles. The molecule has 0 aliphatic carbocycles. The molecule has 0 fully saturated rings. The average molecular weight is 371 g/mol. The van der Waals surface area contributed by atoms with Crippen LogP contribution in [0.2, 0.25) is 0 Å². The number of nitrogens with two attached hydrogens (primary N) is 1. The largest absolute Gasteiger partial charge is 0.451 e. The Bertz CT molecular complexity index is 912. The van der Waals surface area contributed by atoms with Gasteiger partial charge < -0.3 is 20.8 Å². The van der Waals surface area contributed by atoms with Gasteiger partial charge in [0.05, 0.1) is 11.3 Å². The number of carbonyl (C=O) groups is 4. The zero-order chi connectivity index (χ0) is 20.3. The molecule has 0 aliphatic rings. The van der Waals surface area contributed by atoms with Crippen molar-refractivity contribution in [2.75, 3.05) is 5.32 Å². The third-order valence-corrected chi connectivity index (χ3v) is 4.08. The monoisotopic (exact) mass is 371 g/mol. The van der Waals surface area contributed by atoms with Crippen LogP contribution in [0.15, 0.2) is 24.3 Å². The maximum Gasteiger partial charge on any atom is 0.338 e. The van der Waals surface area contributed by atoms with Crippen molar-refractivity contribution >= 4 is 29.3 Å². The molecule has 2 aromatic rings. The lowest BCUT2D eigenvalue weighted by Crippen LogP contribution is -2.25. The highest BCUT2D eigenvalue weighted by atomic mass is 16.5. The number of ketones is 2. The van der Waals surface area contributed by atoms with Crippen molar-refractivity contribution in [2.45, 2.75) is 33.8 Å². The fraction of sp³-hybridized carbons (Fsp3) is 0.263. The molecule has 27 heavy (non-hydrogen) atoms. The van der Waals surface area contributed by atoms with Crippen molar-refractivity contribution < 1.29 is 23.9 Å². The number of benzene rings is 1. The van der Waals surface area contributed by atoms with Crippen LogP contribution in [0.5, 0.6) is 0 Å². The minimum Gasteiger partial charge on any atom is -0.451 e. The maximum absolute atomic E-state index is 12.6. The second-order valence-electron chi connectivity index (χ2n) is 6.16. The predicted octanol–water partition coefficient (Wildman–Crippen LogP) is 2.75. The van der Waals surface area contributed by atoms with Gasteiger partial charge in [0.25, 0.3) is 0 Å². The number of rotatable bonds is 6. The number of carbonyl (C=O) groups excluding carboxylic acids is 4. The Labute approximate surface area is 156 Å². The zero-order valence-corrected chi connectivity index (χ0v) is 15.5. The highest BCUT2D eigenvalue weighted by molar-refractivity contribution is 6.05. The number of aromatic nitrogens is 1. The number of urea groups is 1. The number of amides is 2. The van der Waals surface area contributed by atoms with E-state index >= 15 is 0 Å². The van der Waals surface area contributed by atoms with E-state index < -0.39 is 23.9 Å². The Balaban J connectivity index is 2.12. The molecule has 1 atom stereocenters. The molecule has 1 unspecified atom stereocenters. The quantitative estimate of drug-likeness (QED) is 0.531. The summed E-state index contributed by atoms with van der Waals surface area (Å²) in [5.74, 6) is -1.26.